The molecule has 2 aliphatic rings. The van der Waals surface area contributed by atoms with E-state index in [1.54, 1.807) is 30.3 Å². The molecule has 2 atom stereocenters. The van der Waals surface area contributed by atoms with Crippen molar-refractivity contribution in [2.24, 2.45) is 11.8 Å². The van der Waals surface area contributed by atoms with E-state index < -0.39 is 16.1 Å². The first-order valence-corrected chi connectivity index (χ1v) is 14.8. The second kappa shape index (κ2) is 10.7. The molecule has 5 rings (SSSR count). The van der Waals surface area contributed by atoms with Crippen LogP contribution < -0.4 is 15.8 Å². The molecule has 0 unspecified atom stereocenters. The number of carbonyl (C=O) groups excluding carboxylic acids is 2. The largest absolute Gasteiger partial charge is 0.382 e. The van der Waals surface area contributed by atoms with Gasteiger partial charge >= 0.3 is 0 Å². The number of anilines is 1. The average molecular weight is 543 g/mol. The molecule has 1 saturated heterocycles. The van der Waals surface area contributed by atoms with Crippen LogP contribution in [0.5, 0.6) is 0 Å². The predicted octanol–water partition coefficient (Wildman–Crippen LogP) is 2.28. The first kappa shape index (κ1) is 25.6. The van der Waals surface area contributed by atoms with Crippen molar-refractivity contribution >= 4 is 49.1 Å². The number of hydrogen-bond donors (Lipinski definition) is 3. The van der Waals surface area contributed by atoms with Crippen molar-refractivity contribution in [1.29, 1.82) is 0 Å². The molecule has 12 heteroatoms. The zero-order chi connectivity index (χ0) is 26.0. The second-order valence-corrected chi connectivity index (χ2v) is 12.4. The molecule has 0 spiro atoms. The highest BCUT2D eigenvalue weighted by atomic mass is 32.2. The zero-order valence-corrected chi connectivity index (χ0v) is 21.9. The first-order valence-electron chi connectivity index (χ1n) is 12.4. The van der Waals surface area contributed by atoms with E-state index in [0.717, 1.165) is 29.3 Å². The number of carbonyl (C=O) groups is 2. The van der Waals surface area contributed by atoms with Crippen LogP contribution in [0.4, 0.5) is 5.82 Å². The van der Waals surface area contributed by atoms with Gasteiger partial charge in [0.05, 0.1) is 23.7 Å². The van der Waals surface area contributed by atoms with Crippen LogP contribution in [0.15, 0.2) is 46.7 Å². The van der Waals surface area contributed by atoms with Gasteiger partial charge in [-0.05, 0) is 71.8 Å². The number of fused-ring (bicyclic) bond motifs is 1. The number of nitrogen functional groups attached to an aromatic ring is 1. The number of nitrogens with two attached hydrogens (primary N) is 1. The van der Waals surface area contributed by atoms with E-state index in [1.165, 1.54) is 22.7 Å². The molecule has 196 valence electrons. The number of rotatable bonds is 8. The molecule has 4 N–H and O–H groups in total. The SMILES string of the molecule is Nc1ccc(CNC(=O)CN2C[C@@H](C3CCC3)CC[C@H](NS(=O)(=O)c3ccc4sccc4c3)C2=O)nn1. The number of likely N-dealkylation sites (tertiary alicyclic amines) is 1. The summed E-state index contributed by atoms with van der Waals surface area (Å²) in [5.74, 6) is 0.316. The van der Waals surface area contributed by atoms with Gasteiger partial charge in [0.2, 0.25) is 21.8 Å². The molecule has 0 bridgehead atoms. The summed E-state index contributed by atoms with van der Waals surface area (Å²) < 4.78 is 30.1. The van der Waals surface area contributed by atoms with Crippen LogP contribution in [-0.2, 0) is 26.2 Å². The van der Waals surface area contributed by atoms with E-state index >= 15 is 0 Å². The van der Waals surface area contributed by atoms with Crippen molar-refractivity contribution < 1.29 is 18.0 Å². The summed E-state index contributed by atoms with van der Waals surface area (Å²) in [5.41, 5.74) is 6.10. The Bertz CT molecular complexity index is 1390. The molecule has 2 fully saturated rings. The summed E-state index contributed by atoms with van der Waals surface area (Å²) in [6.07, 6.45) is 4.50. The molecular formula is C25H30N6O4S2. The van der Waals surface area contributed by atoms with Gasteiger partial charge in [0.1, 0.15) is 11.9 Å². The molecule has 1 aromatic carbocycles. The van der Waals surface area contributed by atoms with E-state index in [9.17, 15) is 18.0 Å². The Kier molecular flexibility index (Phi) is 7.40. The molecule has 2 amide bonds. The Morgan fingerprint density at radius 1 is 1.08 bits per heavy atom. The maximum Gasteiger partial charge on any atom is 0.241 e. The fourth-order valence-corrected chi connectivity index (χ4v) is 7.02. The number of nitrogens with zero attached hydrogens (tertiary/aromatic N) is 3. The van der Waals surface area contributed by atoms with E-state index in [0.29, 0.717) is 24.6 Å². The van der Waals surface area contributed by atoms with Gasteiger partial charge in [-0.25, -0.2) is 8.42 Å². The highest BCUT2D eigenvalue weighted by Gasteiger charge is 2.38. The maximum absolute atomic E-state index is 13.5. The summed E-state index contributed by atoms with van der Waals surface area (Å²) in [6.45, 7) is 0.447. The van der Waals surface area contributed by atoms with Crippen LogP contribution in [0.3, 0.4) is 0 Å². The van der Waals surface area contributed by atoms with E-state index in [2.05, 4.69) is 20.2 Å². The fourth-order valence-electron chi connectivity index (χ4n) is 4.99. The second-order valence-electron chi connectivity index (χ2n) is 9.77. The van der Waals surface area contributed by atoms with Gasteiger partial charge in [-0.15, -0.1) is 16.4 Å². The van der Waals surface area contributed by atoms with E-state index in [4.69, 9.17) is 5.73 Å². The Morgan fingerprint density at radius 3 is 2.65 bits per heavy atom. The van der Waals surface area contributed by atoms with Crippen molar-refractivity contribution in [3.8, 4) is 0 Å². The Labute approximate surface area is 219 Å². The van der Waals surface area contributed by atoms with Crippen molar-refractivity contribution in [3.05, 3.63) is 47.5 Å². The lowest BCUT2D eigenvalue weighted by atomic mass is 9.74. The molecule has 37 heavy (non-hydrogen) atoms. The maximum atomic E-state index is 13.5. The van der Waals surface area contributed by atoms with Crippen LogP contribution in [0.2, 0.25) is 0 Å². The minimum atomic E-state index is -3.93. The van der Waals surface area contributed by atoms with Gasteiger partial charge in [-0.2, -0.15) is 9.82 Å². The Morgan fingerprint density at radius 2 is 1.92 bits per heavy atom. The molecule has 1 aliphatic carbocycles. The summed E-state index contributed by atoms with van der Waals surface area (Å²) in [6, 6.07) is 9.17. The monoisotopic (exact) mass is 542 g/mol. The Balaban J connectivity index is 1.29. The third kappa shape index (κ3) is 5.91. The predicted molar refractivity (Wildman–Crippen MR) is 141 cm³/mol. The van der Waals surface area contributed by atoms with Crippen molar-refractivity contribution in [1.82, 2.24) is 25.1 Å². The number of nitrogens with one attached hydrogen (secondary N) is 2. The number of aromatic nitrogens is 2. The van der Waals surface area contributed by atoms with Crippen molar-refractivity contribution in [3.63, 3.8) is 0 Å². The minimum Gasteiger partial charge on any atom is -0.382 e. The zero-order valence-electron chi connectivity index (χ0n) is 20.3. The summed E-state index contributed by atoms with van der Waals surface area (Å²) in [5, 5.41) is 13.2. The lowest BCUT2D eigenvalue weighted by Gasteiger charge is -2.35. The van der Waals surface area contributed by atoms with E-state index in [1.807, 2.05) is 11.4 Å². The van der Waals surface area contributed by atoms with Gasteiger partial charge in [-0.1, -0.05) is 19.3 Å². The summed E-state index contributed by atoms with van der Waals surface area (Å²) in [7, 11) is -3.93. The van der Waals surface area contributed by atoms with Crippen LogP contribution in [-0.4, -0.2) is 54.5 Å². The smallest absolute Gasteiger partial charge is 0.241 e. The quantitative estimate of drug-likeness (QED) is 0.396. The number of sulfonamides is 1. The lowest BCUT2D eigenvalue weighted by Crippen LogP contribution is -2.50. The van der Waals surface area contributed by atoms with Gasteiger partial charge in [0.15, 0.2) is 0 Å². The van der Waals surface area contributed by atoms with Gasteiger partial charge in [0, 0.05) is 11.2 Å². The van der Waals surface area contributed by atoms with Crippen molar-refractivity contribution in [2.75, 3.05) is 18.8 Å². The molecule has 3 heterocycles. The standard InChI is InChI=1S/C25H30N6O4S2/c26-23-9-5-19(28-29-23)13-27-24(32)15-31-14-18(16-2-1-3-16)4-7-21(25(31)33)30-37(34,35)20-6-8-22-17(12-20)10-11-36-22/h5-6,8-12,16,18,21,30H,1-4,7,13-15H2,(H2,26,29)(H,27,32)/t18-,21-/m0/s1. The minimum absolute atomic E-state index is 0.125. The van der Waals surface area contributed by atoms with Crippen molar-refractivity contribution in [2.45, 2.75) is 49.6 Å². The van der Waals surface area contributed by atoms with Crippen LogP contribution in [0.1, 0.15) is 37.8 Å². The van der Waals surface area contributed by atoms with Gasteiger partial charge in [0.25, 0.3) is 0 Å². The highest BCUT2D eigenvalue weighted by Crippen LogP contribution is 2.38. The summed E-state index contributed by atoms with van der Waals surface area (Å²) in [4.78, 5) is 27.9. The third-order valence-corrected chi connectivity index (χ3v) is 9.65. The van der Waals surface area contributed by atoms with Gasteiger partial charge < -0.3 is 16.0 Å². The number of amides is 2. The van der Waals surface area contributed by atoms with Crippen LogP contribution in [0.25, 0.3) is 10.1 Å². The Hall–Kier alpha value is -3.09. The number of benzene rings is 1. The first-order chi connectivity index (χ1) is 17.8. The highest BCUT2D eigenvalue weighted by molar-refractivity contribution is 7.89. The fraction of sp³-hybridized carbons (Fsp3) is 0.440. The molecule has 3 aromatic rings. The van der Waals surface area contributed by atoms with Crippen LogP contribution >= 0.6 is 11.3 Å². The van der Waals surface area contributed by atoms with E-state index in [-0.39, 0.29) is 41.5 Å². The van der Waals surface area contributed by atoms with Gasteiger partial charge in [-0.3, -0.25) is 9.59 Å². The number of thiophene rings is 1. The van der Waals surface area contributed by atoms with Crippen LogP contribution in [0, 0.1) is 11.8 Å². The molecule has 1 saturated carbocycles. The molecule has 1 aliphatic heterocycles. The molecule has 10 nitrogen and oxygen atoms in total. The number of hydrogen-bond acceptors (Lipinski definition) is 8. The topological polar surface area (TPSA) is 147 Å². The molecular weight excluding hydrogens is 512 g/mol. The lowest BCUT2D eigenvalue weighted by molar-refractivity contribution is -0.137. The molecule has 2 aromatic heterocycles. The average Bonchev–Trinajstić information content (AvgIpc) is 3.27. The summed E-state index contributed by atoms with van der Waals surface area (Å²) >= 11 is 1.54. The normalized spacial score (nSPS) is 21.0. The third-order valence-electron chi connectivity index (χ3n) is 7.28. The molecule has 0 radical (unpaired) electrons.